The quantitative estimate of drug-likeness (QED) is 0.866. The molecule has 134 valence electrons. The lowest BCUT2D eigenvalue weighted by Crippen LogP contribution is -2.42. The van der Waals surface area contributed by atoms with Gasteiger partial charge in [-0.25, -0.2) is 14.3 Å². The number of anilines is 1. The molecule has 0 bridgehead atoms. The van der Waals surface area contributed by atoms with Crippen molar-refractivity contribution >= 4 is 29.2 Å². The Balaban J connectivity index is 1.84. The number of aromatic nitrogens is 2. The Morgan fingerprint density at radius 3 is 2.68 bits per heavy atom. The van der Waals surface area contributed by atoms with Crippen molar-refractivity contribution in [3.63, 3.8) is 0 Å². The molecule has 1 saturated heterocycles. The molecule has 2 aromatic rings. The van der Waals surface area contributed by atoms with E-state index >= 15 is 0 Å². The normalized spacial score (nSPS) is 16.0. The second-order valence-corrected chi connectivity index (χ2v) is 7.28. The number of pyridine rings is 1. The molecule has 3 rings (SSSR count). The highest BCUT2D eigenvalue weighted by molar-refractivity contribution is 5.95. The van der Waals surface area contributed by atoms with Crippen LogP contribution < -0.4 is 10.2 Å². The summed E-state index contributed by atoms with van der Waals surface area (Å²) in [7, 11) is 0. The number of carbonyl (C=O) groups is 2. The number of hydrogen-bond donors (Lipinski definition) is 1. The number of amides is 1. The Kier molecular flexibility index (Phi) is 4.65. The number of piperidine rings is 1. The average Bonchev–Trinajstić information content (AvgIpc) is 2.98. The molecule has 0 aliphatic carbocycles. The van der Waals surface area contributed by atoms with Crippen molar-refractivity contribution in [3.05, 3.63) is 24.5 Å². The number of carbonyl (C=O) groups excluding carboxylic acids is 2. The first-order valence-electron chi connectivity index (χ1n) is 8.53. The summed E-state index contributed by atoms with van der Waals surface area (Å²) in [5, 5.41) is 3.78. The van der Waals surface area contributed by atoms with Crippen molar-refractivity contribution < 1.29 is 14.3 Å². The topological polar surface area (TPSA) is 76.5 Å². The van der Waals surface area contributed by atoms with Gasteiger partial charge < -0.3 is 15.0 Å². The van der Waals surface area contributed by atoms with Gasteiger partial charge >= 0.3 is 6.09 Å². The van der Waals surface area contributed by atoms with E-state index in [1.165, 1.54) is 4.57 Å². The van der Waals surface area contributed by atoms with Gasteiger partial charge in [-0.15, -0.1) is 0 Å². The van der Waals surface area contributed by atoms with E-state index in [1.807, 2.05) is 32.9 Å². The molecule has 1 aliphatic heterocycles. The Morgan fingerprint density at radius 2 is 2.04 bits per heavy atom. The molecule has 1 N–H and O–H groups in total. The first-order valence-corrected chi connectivity index (χ1v) is 8.53. The van der Waals surface area contributed by atoms with Crippen molar-refractivity contribution in [2.45, 2.75) is 45.3 Å². The van der Waals surface area contributed by atoms with Crippen molar-refractivity contribution in [3.8, 4) is 0 Å². The summed E-state index contributed by atoms with van der Waals surface area (Å²) < 4.78 is 6.89. The van der Waals surface area contributed by atoms with Gasteiger partial charge in [0.25, 0.3) is 0 Å². The van der Waals surface area contributed by atoms with Gasteiger partial charge in [0.1, 0.15) is 5.60 Å². The van der Waals surface area contributed by atoms with Crippen LogP contribution in [-0.2, 0) is 9.53 Å². The fraction of sp³-hybridized carbons (Fsp3) is 0.500. The number of ether oxygens (including phenoxy) is 1. The highest BCUT2D eigenvalue weighted by Gasteiger charge is 2.23. The fourth-order valence-electron chi connectivity index (χ4n) is 3.14. The maximum atomic E-state index is 12.4. The van der Waals surface area contributed by atoms with E-state index in [9.17, 15) is 9.59 Å². The predicted molar refractivity (Wildman–Crippen MR) is 95.8 cm³/mol. The van der Waals surface area contributed by atoms with E-state index in [0.29, 0.717) is 5.65 Å². The van der Waals surface area contributed by atoms with Crippen molar-refractivity contribution in [1.82, 2.24) is 14.9 Å². The molecule has 0 aromatic carbocycles. The number of rotatable bonds is 3. The van der Waals surface area contributed by atoms with Gasteiger partial charge in [-0.2, -0.15) is 0 Å². The van der Waals surface area contributed by atoms with Gasteiger partial charge in [-0.3, -0.25) is 4.79 Å². The van der Waals surface area contributed by atoms with E-state index in [4.69, 9.17) is 4.74 Å². The maximum Gasteiger partial charge on any atom is 0.420 e. The summed E-state index contributed by atoms with van der Waals surface area (Å²) in [5.41, 5.74) is 1.09. The third kappa shape index (κ3) is 3.75. The SMILES string of the molecule is CC(C)(C)OC(=O)n1ccc2c(N3CCC(NC=O)CC3)ccnc21. The summed E-state index contributed by atoms with van der Waals surface area (Å²) in [4.78, 5) is 29.6. The molecule has 7 nitrogen and oxygen atoms in total. The minimum Gasteiger partial charge on any atom is -0.443 e. The largest absolute Gasteiger partial charge is 0.443 e. The fourth-order valence-corrected chi connectivity index (χ4v) is 3.14. The Morgan fingerprint density at radius 1 is 1.32 bits per heavy atom. The number of hydrogen-bond acceptors (Lipinski definition) is 5. The molecular weight excluding hydrogens is 320 g/mol. The Labute approximate surface area is 147 Å². The van der Waals surface area contributed by atoms with Gasteiger partial charge in [0.05, 0.1) is 0 Å². The predicted octanol–water partition coefficient (Wildman–Crippen LogP) is 2.53. The van der Waals surface area contributed by atoms with E-state index in [-0.39, 0.29) is 6.04 Å². The highest BCUT2D eigenvalue weighted by atomic mass is 16.6. The zero-order valence-corrected chi connectivity index (χ0v) is 14.9. The Hall–Kier alpha value is -2.57. The van der Waals surface area contributed by atoms with Crippen LogP contribution in [0.3, 0.4) is 0 Å². The zero-order valence-electron chi connectivity index (χ0n) is 14.9. The van der Waals surface area contributed by atoms with E-state index in [2.05, 4.69) is 15.2 Å². The molecule has 2 aromatic heterocycles. The smallest absolute Gasteiger partial charge is 0.420 e. The summed E-state index contributed by atoms with van der Waals surface area (Å²) in [5.74, 6) is 0. The molecule has 3 heterocycles. The van der Waals surface area contributed by atoms with Crippen LogP contribution in [0.5, 0.6) is 0 Å². The molecule has 1 aliphatic rings. The van der Waals surface area contributed by atoms with Gasteiger partial charge in [0.15, 0.2) is 5.65 Å². The van der Waals surface area contributed by atoms with Crippen LogP contribution in [-0.4, -0.2) is 46.8 Å². The lowest BCUT2D eigenvalue weighted by Gasteiger charge is -2.33. The minimum absolute atomic E-state index is 0.234. The molecule has 0 radical (unpaired) electrons. The summed E-state index contributed by atoms with van der Waals surface area (Å²) in [6, 6.07) is 4.10. The van der Waals surface area contributed by atoms with Crippen LogP contribution in [0.4, 0.5) is 10.5 Å². The molecular formula is C18H24N4O3. The maximum absolute atomic E-state index is 12.4. The third-order valence-corrected chi connectivity index (χ3v) is 4.29. The van der Waals surface area contributed by atoms with Crippen molar-refractivity contribution in [2.24, 2.45) is 0 Å². The molecule has 25 heavy (non-hydrogen) atoms. The van der Waals surface area contributed by atoms with Crippen LogP contribution in [0, 0.1) is 0 Å². The van der Waals surface area contributed by atoms with Crippen LogP contribution in [0.2, 0.25) is 0 Å². The second kappa shape index (κ2) is 6.74. The third-order valence-electron chi connectivity index (χ3n) is 4.29. The van der Waals surface area contributed by atoms with Gasteiger partial charge in [0, 0.05) is 42.6 Å². The van der Waals surface area contributed by atoms with Crippen LogP contribution in [0.15, 0.2) is 24.5 Å². The van der Waals surface area contributed by atoms with Crippen LogP contribution in [0.1, 0.15) is 33.6 Å². The summed E-state index contributed by atoms with van der Waals surface area (Å²) >= 11 is 0. The molecule has 0 saturated carbocycles. The number of fused-ring (bicyclic) bond motifs is 1. The Bertz CT molecular complexity index is 770. The highest BCUT2D eigenvalue weighted by Crippen LogP contribution is 2.29. The lowest BCUT2D eigenvalue weighted by molar-refractivity contribution is -0.110. The molecule has 0 spiro atoms. The van der Waals surface area contributed by atoms with E-state index in [0.717, 1.165) is 43.4 Å². The molecule has 1 amide bonds. The van der Waals surface area contributed by atoms with Crippen LogP contribution in [0.25, 0.3) is 11.0 Å². The van der Waals surface area contributed by atoms with Crippen molar-refractivity contribution in [2.75, 3.05) is 18.0 Å². The van der Waals surface area contributed by atoms with E-state index in [1.54, 1.807) is 12.4 Å². The monoisotopic (exact) mass is 344 g/mol. The zero-order chi connectivity index (χ0) is 18.0. The number of nitrogens with zero attached hydrogens (tertiary/aromatic N) is 3. The van der Waals surface area contributed by atoms with Gasteiger partial charge in [-0.1, -0.05) is 0 Å². The molecule has 7 heteroatoms. The second-order valence-electron chi connectivity index (χ2n) is 7.28. The first-order chi connectivity index (χ1) is 11.9. The van der Waals surface area contributed by atoms with Crippen LogP contribution >= 0.6 is 0 Å². The molecule has 0 atom stereocenters. The molecule has 0 unspecified atom stereocenters. The number of nitrogens with one attached hydrogen (secondary N) is 1. The lowest BCUT2D eigenvalue weighted by atomic mass is 10.0. The average molecular weight is 344 g/mol. The summed E-state index contributed by atoms with van der Waals surface area (Å²) in [6.07, 6.45) is 5.56. The van der Waals surface area contributed by atoms with Gasteiger partial charge in [-0.05, 0) is 45.7 Å². The first kappa shape index (κ1) is 17.3. The van der Waals surface area contributed by atoms with E-state index < -0.39 is 11.7 Å². The van der Waals surface area contributed by atoms with Gasteiger partial charge in [0.2, 0.25) is 6.41 Å². The van der Waals surface area contributed by atoms with Crippen molar-refractivity contribution in [1.29, 1.82) is 0 Å². The molecule has 1 fully saturated rings. The standard InChI is InChI=1S/C18H24N4O3/c1-18(2,3)25-17(24)22-11-7-14-15(4-8-19-16(14)22)21-9-5-13(6-10-21)20-12-23/h4,7-8,11-13H,5-6,9-10H2,1-3H3,(H,20,23). The minimum atomic E-state index is -0.557. The summed E-state index contributed by atoms with van der Waals surface area (Å²) in [6.45, 7) is 7.22.